The molecule has 2 heterocycles. The number of alkyl halides is 3. The first-order valence-electron chi connectivity index (χ1n) is 11.7. The Bertz CT molecular complexity index is 1380. The lowest BCUT2D eigenvalue weighted by Crippen LogP contribution is -2.41. The highest BCUT2D eigenvalue weighted by atomic mass is 19.3. The first kappa shape index (κ1) is 27.2. The molecule has 1 aromatic heterocycles. The van der Waals surface area contributed by atoms with Crippen LogP contribution in [-0.4, -0.2) is 71.5 Å². The van der Waals surface area contributed by atoms with Crippen LogP contribution >= 0.6 is 0 Å². The van der Waals surface area contributed by atoms with Crippen LogP contribution in [-0.2, 0) is 9.59 Å². The van der Waals surface area contributed by atoms with Crippen molar-refractivity contribution in [2.24, 2.45) is 4.99 Å². The summed E-state index contributed by atoms with van der Waals surface area (Å²) in [6, 6.07) is 7.24. The van der Waals surface area contributed by atoms with Gasteiger partial charge in [-0.1, -0.05) is 12.1 Å². The monoisotopic (exact) mass is 547 g/mol. The normalized spacial score (nSPS) is 15.7. The van der Waals surface area contributed by atoms with Gasteiger partial charge in [-0.05, 0) is 29.8 Å². The molecule has 12 nitrogen and oxygen atoms in total. The van der Waals surface area contributed by atoms with Gasteiger partial charge in [0, 0.05) is 10.9 Å². The fraction of sp³-hybridized carbons (Fsp3) is 0.292. The Hall–Kier alpha value is -4.82. The average molecular weight is 547 g/mol. The summed E-state index contributed by atoms with van der Waals surface area (Å²) in [5.41, 5.74) is 1.52. The number of rotatable bonds is 10. The van der Waals surface area contributed by atoms with Crippen LogP contribution in [0, 0.1) is 0 Å². The summed E-state index contributed by atoms with van der Waals surface area (Å²) in [6.45, 7) is -3.41. The van der Waals surface area contributed by atoms with Crippen LogP contribution in [0.15, 0.2) is 47.6 Å². The van der Waals surface area contributed by atoms with Crippen LogP contribution in [0.4, 0.5) is 18.9 Å². The standard InChI is InChI=1S/C24H24F3N7O5/c25-14-8-29-24(30-9-14)33-18-5-13(6-19-16(18)10-31-34-19)22(38)28-11-20(35)32-17(7-21(36)37)12-1-3-15(4-2-12)39-23(26)27/h1-6,10,14,17,23H,7-9,11H2,(H,28,38)(H,31,34)(H,32,35)(H,36,37)(H2,29,30,33)/t17-/m0/s1. The molecular weight excluding hydrogens is 523 g/mol. The lowest BCUT2D eigenvalue weighted by Gasteiger charge is -2.19. The van der Waals surface area contributed by atoms with Gasteiger partial charge in [-0.3, -0.25) is 19.5 Å². The van der Waals surface area contributed by atoms with Gasteiger partial charge in [0.1, 0.15) is 11.9 Å². The molecule has 1 aliphatic rings. The Balaban J connectivity index is 1.41. The van der Waals surface area contributed by atoms with Crippen molar-refractivity contribution in [1.82, 2.24) is 26.1 Å². The van der Waals surface area contributed by atoms with E-state index in [-0.39, 0.29) is 24.4 Å². The van der Waals surface area contributed by atoms with Gasteiger partial charge in [0.25, 0.3) is 5.91 Å². The number of carboxylic acid groups (broad SMARTS) is 1. The molecular formula is C24H24F3N7O5. The number of fused-ring (bicyclic) bond motifs is 1. The second-order valence-electron chi connectivity index (χ2n) is 8.50. The SMILES string of the molecule is O=C(O)C[C@H](NC(=O)CNC(=O)c1cc(NC2=NCC(F)CN2)c2cn[nH]c2c1)c1ccc(OC(F)F)cc1. The van der Waals surface area contributed by atoms with Gasteiger partial charge in [-0.25, -0.2) is 9.38 Å². The number of aliphatic carboxylic acids is 1. The Morgan fingerprint density at radius 3 is 2.62 bits per heavy atom. The van der Waals surface area contributed by atoms with Crippen LogP contribution in [0.2, 0.25) is 0 Å². The molecule has 0 aliphatic carbocycles. The summed E-state index contributed by atoms with van der Waals surface area (Å²) in [7, 11) is 0. The third kappa shape index (κ3) is 7.37. The molecule has 0 radical (unpaired) electrons. The molecule has 6 N–H and O–H groups in total. The first-order chi connectivity index (χ1) is 18.7. The number of aromatic amines is 1. The molecule has 2 aromatic carbocycles. The lowest BCUT2D eigenvalue weighted by molar-refractivity contribution is -0.137. The minimum atomic E-state index is -3.02. The van der Waals surface area contributed by atoms with E-state index < -0.39 is 49.6 Å². The van der Waals surface area contributed by atoms with Gasteiger partial charge < -0.3 is 31.1 Å². The molecule has 2 amide bonds. The van der Waals surface area contributed by atoms with Crippen LogP contribution < -0.4 is 26.0 Å². The maximum atomic E-state index is 13.4. The van der Waals surface area contributed by atoms with E-state index in [1.807, 2.05) is 0 Å². The van der Waals surface area contributed by atoms with Gasteiger partial charge >= 0.3 is 12.6 Å². The van der Waals surface area contributed by atoms with Crippen molar-refractivity contribution >= 4 is 40.3 Å². The zero-order valence-electron chi connectivity index (χ0n) is 20.2. The van der Waals surface area contributed by atoms with E-state index in [9.17, 15) is 32.7 Å². The van der Waals surface area contributed by atoms with Gasteiger partial charge in [0.15, 0.2) is 5.96 Å². The number of carboxylic acids is 1. The number of hydrogen-bond acceptors (Lipinski definition) is 8. The molecule has 15 heteroatoms. The zero-order chi connectivity index (χ0) is 27.9. The number of carbonyl (C=O) groups is 3. The third-order valence-electron chi connectivity index (χ3n) is 5.64. The number of guanidine groups is 1. The highest BCUT2D eigenvalue weighted by Crippen LogP contribution is 2.25. The number of ether oxygens (including phenoxy) is 1. The maximum absolute atomic E-state index is 13.4. The summed E-state index contributed by atoms with van der Waals surface area (Å²) in [6.07, 6.45) is -0.0359. The molecule has 2 atom stereocenters. The predicted octanol–water partition coefficient (Wildman–Crippen LogP) is 1.94. The number of H-pyrrole nitrogens is 1. The largest absolute Gasteiger partial charge is 0.481 e. The number of benzene rings is 2. The number of nitrogens with one attached hydrogen (secondary N) is 5. The Morgan fingerprint density at radius 2 is 1.95 bits per heavy atom. The Morgan fingerprint density at radius 1 is 1.18 bits per heavy atom. The third-order valence-corrected chi connectivity index (χ3v) is 5.64. The minimum absolute atomic E-state index is 0.00431. The molecule has 1 unspecified atom stereocenters. The van der Waals surface area contributed by atoms with E-state index in [0.29, 0.717) is 28.1 Å². The molecule has 1 aliphatic heterocycles. The highest BCUT2D eigenvalue weighted by molar-refractivity contribution is 6.07. The van der Waals surface area contributed by atoms with Gasteiger partial charge in [0.2, 0.25) is 5.91 Å². The number of aromatic nitrogens is 2. The molecule has 0 fully saturated rings. The number of carbonyl (C=O) groups excluding carboxylic acids is 2. The molecule has 39 heavy (non-hydrogen) atoms. The molecule has 0 saturated heterocycles. The second-order valence-corrected chi connectivity index (χ2v) is 8.50. The fourth-order valence-electron chi connectivity index (χ4n) is 3.83. The summed E-state index contributed by atoms with van der Waals surface area (Å²) in [5.74, 6) is -2.27. The van der Waals surface area contributed by atoms with Crippen molar-refractivity contribution in [3.63, 3.8) is 0 Å². The van der Waals surface area contributed by atoms with Crippen molar-refractivity contribution in [2.75, 3.05) is 25.0 Å². The highest BCUT2D eigenvalue weighted by Gasteiger charge is 2.20. The molecule has 0 bridgehead atoms. The van der Waals surface area contributed by atoms with Crippen molar-refractivity contribution in [3.05, 3.63) is 53.7 Å². The Kier molecular flexibility index (Phi) is 8.48. The molecule has 4 rings (SSSR count). The van der Waals surface area contributed by atoms with E-state index in [4.69, 9.17) is 0 Å². The average Bonchev–Trinajstić information content (AvgIpc) is 3.37. The topological polar surface area (TPSA) is 170 Å². The number of amides is 2. The first-order valence-corrected chi connectivity index (χ1v) is 11.7. The van der Waals surface area contributed by atoms with Crippen molar-refractivity contribution in [1.29, 1.82) is 0 Å². The fourth-order valence-corrected chi connectivity index (χ4v) is 3.83. The second kappa shape index (κ2) is 12.1. The van der Waals surface area contributed by atoms with Crippen molar-refractivity contribution in [3.8, 4) is 5.75 Å². The summed E-state index contributed by atoms with van der Waals surface area (Å²) in [5, 5.41) is 27.4. The number of halogens is 3. The smallest absolute Gasteiger partial charge is 0.387 e. The lowest BCUT2D eigenvalue weighted by atomic mass is 10.0. The summed E-state index contributed by atoms with van der Waals surface area (Å²) < 4.78 is 42.4. The van der Waals surface area contributed by atoms with Crippen LogP contribution in [0.1, 0.15) is 28.4 Å². The number of anilines is 1. The van der Waals surface area contributed by atoms with E-state index in [1.165, 1.54) is 36.4 Å². The Labute approximate surface area is 219 Å². The van der Waals surface area contributed by atoms with E-state index in [2.05, 4.69) is 41.2 Å². The summed E-state index contributed by atoms with van der Waals surface area (Å²) >= 11 is 0. The van der Waals surface area contributed by atoms with Gasteiger partial charge in [0.05, 0.1) is 49.5 Å². The van der Waals surface area contributed by atoms with Crippen LogP contribution in [0.5, 0.6) is 5.75 Å². The van der Waals surface area contributed by atoms with Gasteiger partial charge in [-0.15, -0.1) is 0 Å². The maximum Gasteiger partial charge on any atom is 0.387 e. The molecule has 3 aromatic rings. The molecule has 0 saturated carbocycles. The zero-order valence-corrected chi connectivity index (χ0v) is 20.2. The number of aliphatic imine (C=N–C) groups is 1. The van der Waals surface area contributed by atoms with Gasteiger partial charge in [-0.2, -0.15) is 13.9 Å². The minimum Gasteiger partial charge on any atom is -0.481 e. The van der Waals surface area contributed by atoms with E-state index >= 15 is 0 Å². The number of nitrogens with zero attached hydrogens (tertiary/aromatic N) is 2. The van der Waals surface area contributed by atoms with Crippen molar-refractivity contribution < 1.29 is 37.4 Å². The quantitative estimate of drug-likeness (QED) is 0.224. The van der Waals surface area contributed by atoms with E-state index in [0.717, 1.165) is 0 Å². The van der Waals surface area contributed by atoms with Crippen molar-refractivity contribution in [2.45, 2.75) is 25.2 Å². The molecule has 0 spiro atoms. The molecule has 206 valence electrons. The number of hydrogen-bond donors (Lipinski definition) is 6. The van der Waals surface area contributed by atoms with E-state index in [1.54, 1.807) is 6.20 Å². The summed E-state index contributed by atoms with van der Waals surface area (Å²) in [4.78, 5) is 40.8. The van der Waals surface area contributed by atoms with Crippen LogP contribution in [0.3, 0.4) is 0 Å². The predicted molar refractivity (Wildman–Crippen MR) is 133 cm³/mol. The van der Waals surface area contributed by atoms with Crippen LogP contribution in [0.25, 0.3) is 10.9 Å².